The van der Waals surface area contributed by atoms with Crippen LogP contribution in [0.4, 0.5) is 34.1 Å². The van der Waals surface area contributed by atoms with Crippen LogP contribution in [0.15, 0.2) is 279 Å². The number of anilines is 6. The smallest absolute Gasteiger partial charge is 0.228 e. The van der Waals surface area contributed by atoms with Gasteiger partial charge in [-0.2, -0.15) is 0 Å². The lowest BCUT2D eigenvalue weighted by molar-refractivity contribution is -0.115. The van der Waals surface area contributed by atoms with Crippen LogP contribution >= 0.6 is 0 Å². The summed E-state index contributed by atoms with van der Waals surface area (Å²) in [5, 5.41) is 12.3. The lowest BCUT2D eigenvalue weighted by atomic mass is 9.97. The van der Waals surface area contributed by atoms with Crippen LogP contribution in [-0.2, 0) is 4.79 Å². The fraction of sp³-hybridized carbons (Fsp3) is 0.0143. The number of fused-ring (bicyclic) bond motifs is 2. The van der Waals surface area contributed by atoms with Crippen LogP contribution in [0.25, 0.3) is 88.3 Å². The summed E-state index contributed by atoms with van der Waals surface area (Å²) in [6.07, 6.45) is 0. The molecule has 0 spiro atoms. The number of nitrogens with zero attached hydrogens (tertiary/aromatic N) is 1. The maximum Gasteiger partial charge on any atom is 0.228 e. The first-order valence-corrected chi connectivity index (χ1v) is 25.1. The molecule has 12 aromatic rings. The summed E-state index contributed by atoms with van der Waals surface area (Å²) in [4.78, 5) is 15.0. The molecular formula is C70H51N3O. The molecule has 352 valence electrons. The standard InChI is InChI=1S/C70H51N3O/c1-48(74)73(63-42-32-55(33-43-63)51-24-20-49(21-25-51)53-28-38-61(39-29-53)71-69-65-18-10-8-16-59(65)36-46-67(69)57-12-4-2-5-13-57)64-44-34-56(35-45-64)52-26-22-50(23-27-52)54-30-40-62(41-31-54)72-70-66-19-11-9-17-60(66)37-47-68(70)58-14-6-3-7-15-58/h2-47,71-72H,1H3. The van der Waals surface area contributed by atoms with E-state index in [1.807, 2.05) is 24.3 Å². The summed E-state index contributed by atoms with van der Waals surface area (Å²) in [6, 6.07) is 98.0. The van der Waals surface area contributed by atoms with Crippen molar-refractivity contribution in [2.45, 2.75) is 6.92 Å². The number of carbonyl (C=O) groups excluding carboxylic acids is 1. The van der Waals surface area contributed by atoms with Crippen molar-refractivity contribution in [3.05, 3.63) is 279 Å². The van der Waals surface area contributed by atoms with Gasteiger partial charge >= 0.3 is 0 Å². The van der Waals surface area contributed by atoms with Crippen LogP contribution in [0.3, 0.4) is 0 Å². The van der Waals surface area contributed by atoms with E-state index in [0.29, 0.717) is 0 Å². The Morgan fingerprint density at radius 1 is 0.284 bits per heavy atom. The topological polar surface area (TPSA) is 44.4 Å². The Hall–Kier alpha value is -9.77. The highest BCUT2D eigenvalue weighted by atomic mass is 16.2. The minimum atomic E-state index is -0.0517. The molecule has 4 nitrogen and oxygen atoms in total. The zero-order chi connectivity index (χ0) is 49.8. The van der Waals surface area contributed by atoms with Crippen molar-refractivity contribution < 1.29 is 4.79 Å². The van der Waals surface area contributed by atoms with Gasteiger partial charge in [-0.3, -0.25) is 9.69 Å². The fourth-order valence-corrected chi connectivity index (χ4v) is 10.1. The van der Waals surface area contributed by atoms with Gasteiger partial charge in [-0.1, -0.05) is 231 Å². The van der Waals surface area contributed by atoms with Crippen molar-refractivity contribution in [1.82, 2.24) is 0 Å². The predicted molar refractivity (Wildman–Crippen MR) is 313 cm³/mol. The van der Waals surface area contributed by atoms with Crippen molar-refractivity contribution in [3.63, 3.8) is 0 Å². The number of hydrogen-bond acceptors (Lipinski definition) is 3. The second-order valence-electron chi connectivity index (χ2n) is 18.7. The molecule has 0 aromatic heterocycles. The minimum Gasteiger partial charge on any atom is -0.355 e. The summed E-state index contributed by atoms with van der Waals surface area (Å²) >= 11 is 0. The molecule has 74 heavy (non-hydrogen) atoms. The minimum absolute atomic E-state index is 0.0517. The van der Waals surface area contributed by atoms with Gasteiger partial charge in [-0.25, -0.2) is 0 Å². The lowest BCUT2D eigenvalue weighted by Gasteiger charge is -2.22. The average molecular weight is 950 g/mol. The third kappa shape index (κ3) is 9.32. The number of nitrogens with one attached hydrogen (secondary N) is 2. The molecule has 0 aliphatic carbocycles. The van der Waals surface area contributed by atoms with E-state index in [0.717, 1.165) is 78.6 Å². The van der Waals surface area contributed by atoms with Gasteiger partial charge in [0.05, 0.1) is 11.4 Å². The van der Waals surface area contributed by atoms with Crippen molar-refractivity contribution in [2.75, 3.05) is 15.5 Å². The largest absolute Gasteiger partial charge is 0.355 e. The molecule has 0 atom stereocenters. The normalized spacial score (nSPS) is 11.1. The molecule has 0 aliphatic rings. The lowest BCUT2D eigenvalue weighted by Crippen LogP contribution is -2.22. The Morgan fingerprint density at radius 2 is 0.568 bits per heavy atom. The van der Waals surface area contributed by atoms with Gasteiger partial charge in [0, 0.05) is 51.6 Å². The first-order valence-electron chi connectivity index (χ1n) is 25.1. The molecular weight excluding hydrogens is 899 g/mol. The summed E-state index contributed by atoms with van der Waals surface area (Å²) in [6.45, 7) is 1.61. The number of amides is 1. The Bertz CT molecular complexity index is 3650. The molecule has 0 saturated carbocycles. The van der Waals surface area contributed by atoms with E-state index in [1.54, 1.807) is 11.8 Å². The molecule has 1 amide bonds. The number of rotatable bonds is 12. The summed E-state index contributed by atoms with van der Waals surface area (Å²) < 4.78 is 0. The second kappa shape index (κ2) is 20.2. The van der Waals surface area contributed by atoms with Crippen molar-refractivity contribution in [3.8, 4) is 66.8 Å². The molecule has 0 fully saturated rings. The first-order chi connectivity index (χ1) is 36.5. The van der Waals surface area contributed by atoms with Crippen LogP contribution in [0, 0.1) is 0 Å². The van der Waals surface area contributed by atoms with E-state index in [-0.39, 0.29) is 5.91 Å². The van der Waals surface area contributed by atoms with E-state index in [9.17, 15) is 4.79 Å². The van der Waals surface area contributed by atoms with Gasteiger partial charge in [0.2, 0.25) is 5.91 Å². The highest BCUT2D eigenvalue weighted by Gasteiger charge is 2.16. The monoisotopic (exact) mass is 949 g/mol. The maximum atomic E-state index is 13.2. The second-order valence-corrected chi connectivity index (χ2v) is 18.7. The van der Waals surface area contributed by atoms with Gasteiger partial charge in [0.25, 0.3) is 0 Å². The Balaban J connectivity index is 0.701. The van der Waals surface area contributed by atoms with E-state index >= 15 is 0 Å². The van der Waals surface area contributed by atoms with E-state index < -0.39 is 0 Å². The Morgan fingerprint density at radius 3 is 0.892 bits per heavy atom. The predicted octanol–water partition coefficient (Wildman–Crippen LogP) is 19.2. The van der Waals surface area contributed by atoms with Crippen LogP contribution in [-0.4, -0.2) is 5.91 Å². The molecule has 0 bridgehead atoms. The van der Waals surface area contributed by atoms with Gasteiger partial charge in [0.1, 0.15) is 0 Å². The van der Waals surface area contributed by atoms with Gasteiger partial charge < -0.3 is 10.6 Å². The zero-order valence-electron chi connectivity index (χ0n) is 40.9. The van der Waals surface area contributed by atoms with Crippen molar-refractivity contribution in [1.29, 1.82) is 0 Å². The van der Waals surface area contributed by atoms with E-state index in [2.05, 4.69) is 265 Å². The van der Waals surface area contributed by atoms with Gasteiger partial charge in [0.15, 0.2) is 0 Å². The quantitative estimate of drug-likeness (QED) is 0.128. The van der Waals surface area contributed by atoms with Crippen LogP contribution < -0.4 is 15.5 Å². The van der Waals surface area contributed by atoms with Crippen molar-refractivity contribution >= 4 is 61.6 Å². The zero-order valence-corrected chi connectivity index (χ0v) is 40.9. The Kier molecular flexibility index (Phi) is 12.4. The van der Waals surface area contributed by atoms with E-state index in [1.165, 1.54) is 43.8 Å². The molecule has 0 radical (unpaired) electrons. The van der Waals surface area contributed by atoms with Crippen LogP contribution in [0.5, 0.6) is 0 Å². The third-order valence-corrected chi connectivity index (χ3v) is 14.0. The first kappa shape index (κ1) is 45.4. The van der Waals surface area contributed by atoms with Gasteiger partial charge in [-0.05, 0) is 115 Å². The maximum absolute atomic E-state index is 13.2. The molecule has 2 N–H and O–H groups in total. The molecule has 0 unspecified atom stereocenters. The number of carbonyl (C=O) groups is 1. The SMILES string of the molecule is CC(=O)N(c1ccc(-c2ccc(-c3ccc(Nc4c(-c5ccccc5)ccc5ccccc45)cc3)cc2)cc1)c1ccc(-c2ccc(-c3ccc(Nc4c(-c5ccccc5)ccc5ccccc45)cc3)cc2)cc1. The molecule has 12 rings (SSSR count). The highest BCUT2D eigenvalue weighted by molar-refractivity contribution is 6.05. The molecule has 0 aliphatic heterocycles. The van der Waals surface area contributed by atoms with Crippen LogP contribution in [0.1, 0.15) is 6.92 Å². The third-order valence-electron chi connectivity index (χ3n) is 14.0. The summed E-state index contributed by atoms with van der Waals surface area (Å²) in [7, 11) is 0. The summed E-state index contributed by atoms with van der Waals surface area (Å²) in [5.74, 6) is -0.0517. The summed E-state index contributed by atoms with van der Waals surface area (Å²) in [5.41, 5.74) is 19.5. The highest BCUT2D eigenvalue weighted by Crippen LogP contribution is 2.40. The molecule has 12 aromatic carbocycles. The van der Waals surface area contributed by atoms with E-state index in [4.69, 9.17) is 0 Å². The average Bonchev–Trinajstić information content (AvgIpc) is 3.47. The number of benzene rings is 12. The van der Waals surface area contributed by atoms with Gasteiger partial charge in [-0.15, -0.1) is 0 Å². The fourth-order valence-electron chi connectivity index (χ4n) is 10.1. The molecule has 0 heterocycles. The van der Waals surface area contributed by atoms with Crippen molar-refractivity contribution in [2.24, 2.45) is 0 Å². The number of hydrogen-bond donors (Lipinski definition) is 2. The molecule has 4 heteroatoms. The molecule has 0 saturated heterocycles. The van der Waals surface area contributed by atoms with Crippen LogP contribution in [0.2, 0.25) is 0 Å². The Labute approximate surface area is 432 Å².